The van der Waals surface area contributed by atoms with E-state index in [0.29, 0.717) is 4.90 Å². The molecule has 33 heavy (non-hydrogen) atoms. The number of imide groups is 1. The van der Waals surface area contributed by atoms with E-state index in [1.54, 1.807) is 0 Å². The van der Waals surface area contributed by atoms with Crippen molar-refractivity contribution in [1.29, 1.82) is 0 Å². The lowest BCUT2D eigenvalue weighted by molar-refractivity contribution is -0.384. The van der Waals surface area contributed by atoms with Crippen LogP contribution in [0.5, 0.6) is 5.75 Å². The summed E-state index contributed by atoms with van der Waals surface area (Å²) in [4.78, 5) is 60.9. The zero-order valence-corrected chi connectivity index (χ0v) is 18.6. The first-order valence-corrected chi connectivity index (χ1v) is 9.96. The molecule has 2 aromatic rings. The molecule has 1 aliphatic heterocycles. The van der Waals surface area contributed by atoms with E-state index in [2.05, 4.69) is 5.32 Å². The van der Waals surface area contributed by atoms with E-state index in [9.17, 15) is 29.3 Å². The molecule has 2 aromatic carbocycles. The average molecular weight is 496 g/mol. The van der Waals surface area contributed by atoms with Crippen LogP contribution in [0, 0.1) is 10.1 Å². The Hall–Kier alpha value is -3.70. The number of hydrogen-bond acceptors (Lipinski definition) is 8. The number of nitro benzene ring substituents is 1. The Morgan fingerprint density at radius 2 is 1.70 bits per heavy atom. The summed E-state index contributed by atoms with van der Waals surface area (Å²) < 4.78 is 9.81. The second kappa shape index (κ2) is 9.43. The number of rotatable bonds is 7. The van der Waals surface area contributed by atoms with Gasteiger partial charge in [0.2, 0.25) is 0 Å². The van der Waals surface area contributed by atoms with Gasteiger partial charge in [0.1, 0.15) is 17.5 Å². The van der Waals surface area contributed by atoms with Gasteiger partial charge in [-0.3, -0.25) is 29.4 Å². The van der Waals surface area contributed by atoms with E-state index in [1.807, 2.05) is 0 Å². The molecule has 1 unspecified atom stereocenters. The number of carbonyl (C=O) groups excluding carboxylic acids is 4. The number of ether oxygens (including phenoxy) is 2. The molecule has 1 heterocycles. The van der Waals surface area contributed by atoms with Gasteiger partial charge in [0.15, 0.2) is 6.61 Å². The Bertz CT molecular complexity index is 1160. The second-order valence-corrected chi connectivity index (χ2v) is 7.58. The van der Waals surface area contributed by atoms with Crippen molar-refractivity contribution in [3.8, 4) is 5.75 Å². The van der Waals surface area contributed by atoms with Crippen LogP contribution in [0.1, 0.15) is 27.6 Å². The normalized spacial score (nSPS) is 13.4. The summed E-state index contributed by atoms with van der Waals surface area (Å²) in [6.07, 6.45) is 0. The Labute approximate surface area is 196 Å². The van der Waals surface area contributed by atoms with Gasteiger partial charge in [-0.2, -0.15) is 0 Å². The summed E-state index contributed by atoms with van der Waals surface area (Å²) in [6, 6.07) is 4.87. The maximum absolute atomic E-state index is 12.6. The fraction of sp³-hybridized carbons (Fsp3) is 0.200. The van der Waals surface area contributed by atoms with Crippen LogP contribution in [0.2, 0.25) is 10.0 Å². The number of nitrogens with zero attached hydrogens (tertiary/aromatic N) is 2. The summed E-state index contributed by atoms with van der Waals surface area (Å²) in [5.41, 5.74) is -0.591. The molecule has 3 amide bonds. The van der Waals surface area contributed by atoms with Crippen LogP contribution in [-0.2, 0) is 14.3 Å². The quantitative estimate of drug-likeness (QED) is 0.267. The van der Waals surface area contributed by atoms with E-state index in [4.69, 9.17) is 32.7 Å². The fourth-order valence-electron chi connectivity index (χ4n) is 3.05. The van der Waals surface area contributed by atoms with Crippen molar-refractivity contribution >= 4 is 58.3 Å². The van der Waals surface area contributed by atoms with Crippen molar-refractivity contribution < 1.29 is 33.6 Å². The summed E-state index contributed by atoms with van der Waals surface area (Å²) in [6.45, 7) is 0.437. The summed E-state index contributed by atoms with van der Waals surface area (Å²) >= 11 is 11.8. The van der Waals surface area contributed by atoms with Gasteiger partial charge in [0.25, 0.3) is 23.4 Å². The number of hydrogen-bond donors (Lipinski definition) is 1. The minimum Gasteiger partial charge on any atom is -0.496 e. The van der Waals surface area contributed by atoms with Gasteiger partial charge in [0, 0.05) is 0 Å². The van der Waals surface area contributed by atoms with Gasteiger partial charge in [-0.05, 0) is 31.2 Å². The molecule has 0 aliphatic carbocycles. The van der Waals surface area contributed by atoms with E-state index in [1.165, 1.54) is 38.3 Å². The first-order valence-electron chi connectivity index (χ1n) is 9.21. The van der Waals surface area contributed by atoms with Gasteiger partial charge < -0.3 is 14.8 Å². The summed E-state index contributed by atoms with van der Waals surface area (Å²) in [7, 11) is 1.33. The van der Waals surface area contributed by atoms with Gasteiger partial charge in [-0.15, -0.1) is 0 Å². The third-order valence-corrected chi connectivity index (χ3v) is 5.43. The lowest BCUT2D eigenvalue weighted by Gasteiger charge is -2.20. The maximum Gasteiger partial charge on any atom is 0.329 e. The molecule has 0 aromatic heterocycles. The molecule has 11 nitrogen and oxygen atoms in total. The van der Waals surface area contributed by atoms with Crippen molar-refractivity contribution in [2.24, 2.45) is 0 Å². The summed E-state index contributed by atoms with van der Waals surface area (Å²) in [5.74, 6) is -3.23. The van der Waals surface area contributed by atoms with Crippen LogP contribution < -0.4 is 10.1 Å². The Kier molecular flexibility index (Phi) is 6.84. The SMILES string of the molecule is COc1ccc(NC(=O)COC(=O)C(C)N2C(=O)c3cc(Cl)c(Cl)cc3C2=O)c([N+](=O)[O-])c1. The van der Waals surface area contributed by atoms with Gasteiger partial charge in [-0.1, -0.05) is 23.2 Å². The van der Waals surface area contributed by atoms with Crippen molar-refractivity contribution in [2.75, 3.05) is 19.0 Å². The van der Waals surface area contributed by atoms with Gasteiger partial charge in [0.05, 0.1) is 39.3 Å². The zero-order valence-electron chi connectivity index (χ0n) is 17.1. The van der Waals surface area contributed by atoms with Gasteiger partial charge in [-0.25, -0.2) is 4.79 Å². The maximum atomic E-state index is 12.6. The molecule has 0 saturated carbocycles. The molecule has 1 atom stereocenters. The molecule has 0 bridgehead atoms. The van der Waals surface area contributed by atoms with Crippen LogP contribution in [0.25, 0.3) is 0 Å². The largest absolute Gasteiger partial charge is 0.496 e. The molecule has 0 radical (unpaired) electrons. The Morgan fingerprint density at radius 1 is 1.12 bits per heavy atom. The minimum absolute atomic E-state index is 0.0152. The number of amides is 3. The standard InChI is InChI=1S/C20H15Cl2N3O8/c1-9(24-18(27)11-6-13(21)14(22)7-12(11)19(24)28)20(29)33-8-17(26)23-15-4-3-10(32-2)5-16(15)25(30)31/h3-7,9H,8H2,1-2H3,(H,23,26). The topological polar surface area (TPSA) is 145 Å². The van der Waals surface area contributed by atoms with Gasteiger partial charge >= 0.3 is 5.97 Å². The zero-order chi connectivity index (χ0) is 24.4. The molecule has 3 rings (SSSR count). The minimum atomic E-state index is -1.36. The molecular formula is C20H15Cl2N3O8. The lowest BCUT2D eigenvalue weighted by atomic mass is 10.1. The predicted octanol–water partition coefficient (Wildman–Crippen LogP) is 3.08. The number of esters is 1. The number of nitro groups is 1. The predicted molar refractivity (Wildman–Crippen MR) is 116 cm³/mol. The van der Waals surface area contributed by atoms with Crippen LogP contribution in [-0.4, -0.2) is 53.3 Å². The Morgan fingerprint density at radius 3 is 2.21 bits per heavy atom. The van der Waals surface area contributed by atoms with Crippen LogP contribution >= 0.6 is 23.2 Å². The highest BCUT2D eigenvalue weighted by molar-refractivity contribution is 6.43. The number of anilines is 1. The number of halogens is 2. The van der Waals surface area contributed by atoms with Crippen LogP contribution in [0.15, 0.2) is 30.3 Å². The van der Waals surface area contributed by atoms with E-state index in [-0.39, 0.29) is 32.6 Å². The molecule has 0 saturated heterocycles. The third kappa shape index (κ3) is 4.73. The molecule has 1 aliphatic rings. The molecule has 1 N–H and O–H groups in total. The van der Waals surface area contributed by atoms with Crippen LogP contribution in [0.4, 0.5) is 11.4 Å². The first kappa shape index (κ1) is 24.0. The number of carbonyl (C=O) groups is 4. The number of benzene rings is 2. The van der Waals surface area contributed by atoms with E-state index < -0.39 is 47.0 Å². The van der Waals surface area contributed by atoms with Crippen molar-refractivity contribution in [1.82, 2.24) is 4.90 Å². The first-order chi connectivity index (χ1) is 15.5. The molecule has 0 fully saturated rings. The second-order valence-electron chi connectivity index (χ2n) is 6.76. The highest BCUT2D eigenvalue weighted by Crippen LogP contribution is 2.32. The van der Waals surface area contributed by atoms with Crippen molar-refractivity contribution in [3.63, 3.8) is 0 Å². The molecule has 172 valence electrons. The Balaban J connectivity index is 1.65. The molecule has 13 heteroatoms. The number of nitrogens with one attached hydrogen (secondary N) is 1. The smallest absolute Gasteiger partial charge is 0.329 e. The van der Waals surface area contributed by atoms with Crippen molar-refractivity contribution in [3.05, 3.63) is 61.6 Å². The molecular weight excluding hydrogens is 481 g/mol. The number of fused-ring (bicyclic) bond motifs is 1. The van der Waals surface area contributed by atoms with Crippen LogP contribution in [0.3, 0.4) is 0 Å². The third-order valence-electron chi connectivity index (χ3n) is 4.71. The monoisotopic (exact) mass is 495 g/mol. The molecule has 0 spiro atoms. The van der Waals surface area contributed by atoms with E-state index in [0.717, 1.165) is 6.07 Å². The van der Waals surface area contributed by atoms with E-state index >= 15 is 0 Å². The highest BCUT2D eigenvalue weighted by atomic mass is 35.5. The van der Waals surface area contributed by atoms with Crippen molar-refractivity contribution in [2.45, 2.75) is 13.0 Å². The fourth-order valence-corrected chi connectivity index (χ4v) is 3.38. The summed E-state index contributed by atoms with van der Waals surface area (Å²) in [5, 5.41) is 13.6. The number of methoxy groups -OCH3 is 1. The lowest BCUT2D eigenvalue weighted by Crippen LogP contribution is -2.44. The average Bonchev–Trinajstić information content (AvgIpc) is 3.01. The highest BCUT2D eigenvalue weighted by Gasteiger charge is 2.42.